The molecule has 0 atom stereocenters. The molecular weight excluding hydrogens is 367 g/mol. The molecule has 1 heterocycles. The maximum absolute atomic E-state index is 13.5. The predicted octanol–water partition coefficient (Wildman–Crippen LogP) is 7.40. The Bertz CT molecular complexity index is 1130. The van der Waals surface area contributed by atoms with Crippen LogP contribution in [-0.2, 0) is 12.6 Å². The van der Waals surface area contributed by atoms with Crippen molar-refractivity contribution >= 4 is 42.9 Å². The molecule has 0 saturated carbocycles. The van der Waals surface area contributed by atoms with Gasteiger partial charge in [-0.05, 0) is 30.2 Å². The predicted molar refractivity (Wildman–Crippen MR) is 108 cm³/mol. The molecule has 0 radical (unpaired) electrons. The average molecular weight is 385 g/mol. The molecule has 0 spiro atoms. The van der Waals surface area contributed by atoms with Crippen molar-refractivity contribution in [3.8, 4) is 0 Å². The van der Waals surface area contributed by atoms with Crippen molar-refractivity contribution in [1.29, 1.82) is 0 Å². The molecule has 0 fully saturated rings. The highest BCUT2D eigenvalue weighted by molar-refractivity contribution is 7.26. The Morgan fingerprint density at radius 2 is 1.44 bits per heavy atom. The summed E-state index contributed by atoms with van der Waals surface area (Å²) in [6.45, 7) is 2.10. The molecule has 0 amide bonds. The molecule has 4 aromatic rings. The summed E-state index contributed by atoms with van der Waals surface area (Å²) in [5, 5.41) is 1.52. The lowest BCUT2D eigenvalue weighted by atomic mass is 10.1. The lowest BCUT2D eigenvalue weighted by Crippen LogP contribution is -2.11. The number of fused-ring (bicyclic) bond motifs is 3. The molecule has 138 valence electrons. The first kappa shape index (κ1) is 17.9. The number of nitrogens with zero attached hydrogens (tertiary/aromatic N) is 1. The normalized spacial score (nSPS) is 12.0. The number of alkyl halides is 3. The number of anilines is 2. The van der Waals surface area contributed by atoms with E-state index in [1.54, 1.807) is 6.07 Å². The Labute approximate surface area is 159 Å². The van der Waals surface area contributed by atoms with Gasteiger partial charge in [-0.15, -0.1) is 11.3 Å². The van der Waals surface area contributed by atoms with Crippen molar-refractivity contribution < 1.29 is 13.2 Å². The third-order valence-electron chi connectivity index (χ3n) is 4.90. The fourth-order valence-corrected chi connectivity index (χ4v) is 4.94. The van der Waals surface area contributed by atoms with Crippen LogP contribution < -0.4 is 4.90 Å². The minimum Gasteiger partial charge on any atom is -0.343 e. The van der Waals surface area contributed by atoms with Crippen LogP contribution in [0.2, 0.25) is 0 Å². The Morgan fingerprint density at radius 1 is 0.815 bits per heavy atom. The Hall–Kier alpha value is -2.53. The van der Waals surface area contributed by atoms with Gasteiger partial charge in [0.25, 0.3) is 0 Å². The smallest absolute Gasteiger partial charge is 0.343 e. The monoisotopic (exact) mass is 385 g/mol. The molecule has 5 heteroatoms. The Kier molecular flexibility index (Phi) is 4.35. The van der Waals surface area contributed by atoms with Crippen LogP contribution in [0.25, 0.3) is 20.2 Å². The fourth-order valence-electron chi connectivity index (χ4n) is 3.56. The number of rotatable bonds is 3. The SMILES string of the molecule is CCc1ccccc1N(C)c1cccc2c1sc1c(C(F)(F)F)cccc12. The molecule has 0 aliphatic carbocycles. The molecule has 1 nitrogen and oxygen atoms in total. The topological polar surface area (TPSA) is 3.24 Å². The molecule has 0 aliphatic heterocycles. The van der Waals surface area contributed by atoms with Crippen LogP contribution in [0, 0.1) is 0 Å². The molecule has 0 N–H and O–H groups in total. The summed E-state index contributed by atoms with van der Waals surface area (Å²) in [5.41, 5.74) is 2.63. The van der Waals surface area contributed by atoms with E-state index in [4.69, 9.17) is 0 Å². The summed E-state index contributed by atoms with van der Waals surface area (Å²) < 4.78 is 41.6. The second-order valence-corrected chi connectivity index (χ2v) is 7.50. The summed E-state index contributed by atoms with van der Waals surface area (Å²) >= 11 is 1.22. The summed E-state index contributed by atoms with van der Waals surface area (Å²) in [5.74, 6) is 0. The van der Waals surface area contributed by atoms with Gasteiger partial charge in [-0.3, -0.25) is 0 Å². The number of aryl methyl sites for hydroxylation is 1. The van der Waals surface area contributed by atoms with Gasteiger partial charge in [0.05, 0.1) is 16.0 Å². The molecule has 3 aromatic carbocycles. The van der Waals surface area contributed by atoms with Gasteiger partial charge in [-0.2, -0.15) is 13.2 Å². The van der Waals surface area contributed by atoms with Gasteiger partial charge in [0.15, 0.2) is 0 Å². The first-order chi connectivity index (χ1) is 12.9. The molecular formula is C22H18F3NS. The number of halogens is 3. The lowest BCUT2D eigenvalue weighted by Gasteiger charge is -2.23. The first-order valence-electron chi connectivity index (χ1n) is 8.75. The lowest BCUT2D eigenvalue weighted by molar-refractivity contribution is -0.136. The first-order valence-corrected chi connectivity index (χ1v) is 9.56. The standard InChI is InChI=1S/C22H18F3NS/c1-3-14-8-4-5-12-18(14)26(2)19-13-7-10-16-15-9-6-11-17(22(23,24)25)20(15)27-21(16)19/h4-13H,3H2,1-2H3. The summed E-state index contributed by atoms with van der Waals surface area (Å²) in [6, 6.07) is 18.3. The molecule has 0 unspecified atom stereocenters. The van der Waals surface area contributed by atoms with Crippen LogP contribution >= 0.6 is 11.3 Å². The van der Waals surface area contributed by atoms with E-state index in [0.29, 0.717) is 10.1 Å². The Morgan fingerprint density at radius 3 is 2.15 bits per heavy atom. The summed E-state index contributed by atoms with van der Waals surface area (Å²) in [7, 11) is 1.97. The highest BCUT2D eigenvalue weighted by Crippen LogP contribution is 2.45. The zero-order chi connectivity index (χ0) is 19.2. The van der Waals surface area contributed by atoms with Gasteiger partial charge >= 0.3 is 6.18 Å². The van der Waals surface area contributed by atoms with Crippen molar-refractivity contribution in [2.24, 2.45) is 0 Å². The van der Waals surface area contributed by atoms with Crippen LogP contribution in [0.5, 0.6) is 0 Å². The van der Waals surface area contributed by atoms with Crippen molar-refractivity contribution in [3.63, 3.8) is 0 Å². The van der Waals surface area contributed by atoms with Crippen LogP contribution in [0.1, 0.15) is 18.1 Å². The van der Waals surface area contributed by atoms with Crippen LogP contribution in [0.4, 0.5) is 24.5 Å². The van der Waals surface area contributed by atoms with Crippen molar-refractivity contribution in [2.75, 3.05) is 11.9 Å². The highest BCUT2D eigenvalue weighted by Gasteiger charge is 2.33. The van der Waals surface area contributed by atoms with E-state index in [1.807, 2.05) is 43.4 Å². The third-order valence-corrected chi connectivity index (χ3v) is 6.18. The quantitative estimate of drug-likeness (QED) is 0.355. The van der Waals surface area contributed by atoms with Gasteiger partial charge in [-0.25, -0.2) is 0 Å². The number of thiophene rings is 1. The second-order valence-electron chi connectivity index (χ2n) is 6.48. The van der Waals surface area contributed by atoms with E-state index in [0.717, 1.165) is 33.9 Å². The van der Waals surface area contributed by atoms with Gasteiger partial charge < -0.3 is 4.90 Å². The molecule has 0 bridgehead atoms. The van der Waals surface area contributed by atoms with Gasteiger partial charge in [-0.1, -0.05) is 49.4 Å². The molecule has 0 saturated heterocycles. The summed E-state index contributed by atoms with van der Waals surface area (Å²) in [6.07, 6.45) is -3.47. The van der Waals surface area contributed by atoms with Gasteiger partial charge in [0, 0.05) is 28.2 Å². The van der Waals surface area contributed by atoms with E-state index < -0.39 is 11.7 Å². The van der Waals surface area contributed by atoms with Crippen molar-refractivity contribution in [2.45, 2.75) is 19.5 Å². The largest absolute Gasteiger partial charge is 0.417 e. The number of hydrogen-bond donors (Lipinski definition) is 0. The van der Waals surface area contributed by atoms with Gasteiger partial charge in [0.2, 0.25) is 0 Å². The van der Waals surface area contributed by atoms with E-state index in [-0.39, 0.29) is 0 Å². The van der Waals surface area contributed by atoms with Crippen molar-refractivity contribution in [1.82, 2.24) is 0 Å². The molecule has 0 aliphatic rings. The Balaban J connectivity index is 1.98. The average Bonchev–Trinajstić information content (AvgIpc) is 3.05. The van der Waals surface area contributed by atoms with Crippen LogP contribution in [0.3, 0.4) is 0 Å². The zero-order valence-electron chi connectivity index (χ0n) is 15.0. The molecule has 27 heavy (non-hydrogen) atoms. The number of benzene rings is 3. The molecule has 1 aromatic heterocycles. The van der Waals surface area contributed by atoms with E-state index in [1.165, 1.54) is 23.0 Å². The van der Waals surface area contributed by atoms with E-state index in [2.05, 4.69) is 17.9 Å². The third kappa shape index (κ3) is 2.96. The number of para-hydroxylation sites is 1. The highest BCUT2D eigenvalue weighted by atomic mass is 32.1. The minimum absolute atomic E-state index is 0.296. The molecule has 4 rings (SSSR count). The van der Waals surface area contributed by atoms with Crippen LogP contribution in [0.15, 0.2) is 60.7 Å². The van der Waals surface area contributed by atoms with Crippen molar-refractivity contribution in [3.05, 3.63) is 71.8 Å². The fraction of sp³-hybridized carbons (Fsp3) is 0.182. The van der Waals surface area contributed by atoms with Gasteiger partial charge in [0.1, 0.15) is 0 Å². The second kappa shape index (κ2) is 6.57. The maximum atomic E-state index is 13.5. The van der Waals surface area contributed by atoms with Crippen LogP contribution in [-0.4, -0.2) is 7.05 Å². The van der Waals surface area contributed by atoms with E-state index >= 15 is 0 Å². The summed E-state index contributed by atoms with van der Waals surface area (Å²) in [4.78, 5) is 2.07. The number of hydrogen-bond acceptors (Lipinski definition) is 2. The van der Waals surface area contributed by atoms with E-state index in [9.17, 15) is 13.2 Å². The zero-order valence-corrected chi connectivity index (χ0v) is 15.8. The minimum atomic E-state index is -4.36. The maximum Gasteiger partial charge on any atom is 0.417 e.